The molecule has 1 fully saturated rings. The monoisotopic (exact) mass is 532 g/mol. The molecule has 3 N–H and O–H groups in total. The van der Waals surface area contributed by atoms with Crippen LogP contribution in [0.3, 0.4) is 0 Å². The van der Waals surface area contributed by atoms with Crippen LogP contribution in [0.4, 0.5) is 5.69 Å². The highest BCUT2D eigenvalue weighted by Gasteiger charge is 2.39. The number of carbonyl (C=O) groups is 5. The number of nitrogens with zero attached hydrogens (tertiary/aromatic N) is 1. The van der Waals surface area contributed by atoms with E-state index in [1.54, 1.807) is 20.8 Å². The molecule has 1 aromatic rings. The average molecular weight is 533 g/mol. The molecule has 0 aromatic heterocycles. The molecule has 2 rings (SSSR count). The summed E-state index contributed by atoms with van der Waals surface area (Å²) in [5, 5.41) is 7.95. The number of carbonyl (C=O) groups excluding carboxylic acids is 5. The Bertz CT molecular complexity index is 980. The van der Waals surface area contributed by atoms with Crippen LogP contribution in [0, 0.1) is 5.92 Å². The normalized spacial score (nSPS) is 17.2. The fourth-order valence-corrected chi connectivity index (χ4v) is 5.12. The minimum atomic E-state index is -0.870. The molecule has 1 aliphatic rings. The van der Waals surface area contributed by atoms with Gasteiger partial charge in [-0.2, -0.15) is 0 Å². The summed E-state index contributed by atoms with van der Waals surface area (Å²) < 4.78 is 0. The molecule has 9 nitrogen and oxygen atoms in total. The van der Waals surface area contributed by atoms with Gasteiger partial charge in [-0.05, 0) is 42.2 Å². The molecule has 0 saturated carbocycles. The topological polar surface area (TPSA) is 125 Å². The van der Waals surface area contributed by atoms with Crippen LogP contribution in [0.15, 0.2) is 24.3 Å². The number of hydrogen-bond acceptors (Lipinski definition) is 6. The maximum Gasteiger partial charge on any atom is 0.246 e. The number of nitrogens with one attached hydrogen (secondary N) is 3. The predicted octanol–water partition coefficient (Wildman–Crippen LogP) is 2.88. The standard InChI is InChI=1S/C27H40N4O5S/c1-7-8-19-9-11-20(12-10-19)29-25(34)18(6)28-26(35)24(16(2)3)30-22(32)13-14-31-23(33)15-21(27(31)36)37-17(4)5/h9-12,16-18,21,24H,7-8,13-15H2,1-6H3,(H,28,35)(H,29,34)(H,30,32)/t18-,21?,24?/m0/s1. The van der Waals surface area contributed by atoms with Crippen molar-refractivity contribution in [3.8, 4) is 0 Å². The maximum atomic E-state index is 12.9. The molecule has 0 aliphatic carbocycles. The molecule has 1 heterocycles. The highest BCUT2D eigenvalue weighted by molar-refractivity contribution is 8.01. The van der Waals surface area contributed by atoms with Gasteiger partial charge in [0.05, 0.1) is 5.25 Å². The van der Waals surface area contributed by atoms with E-state index in [-0.39, 0.29) is 48.3 Å². The van der Waals surface area contributed by atoms with Crippen molar-refractivity contribution in [2.24, 2.45) is 5.92 Å². The van der Waals surface area contributed by atoms with E-state index in [1.807, 2.05) is 38.1 Å². The Labute approximate surface area is 223 Å². The van der Waals surface area contributed by atoms with E-state index in [2.05, 4.69) is 22.9 Å². The van der Waals surface area contributed by atoms with Gasteiger partial charge in [0.1, 0.15) is 12.1 Å². The Balaban J connectivity index is 1.88. The van der Waals surface area contributed by atoms with E-state index >= 15 is 0 Å². The van der Waals surface area contributed by atoms with Crippen molar-refractivity contribution in [2.75, 3.05) is 11.9 Å². The first-order valence-corrected chi connectivity index (χ1v) is 13.9. The third kappa shape index (κ3) is 9.18. The van der Waals surface area contributed by atoms with Crippen molar-refractivity contribution in [2.45, 2.75) is 89.8 Å². The number of benzene rings is 1. The van der Waals surface area contributed by atoms with Crippen LogP contribution in [0.2, 0.25) is 0 Å². The number of amides is 5. The molecule has 1 aromatic carbocycles. The Morgan fingerprint density at radius 3 is 2.22 bits per heavy atom. The van der Waals surface area contributed by atoms with E-state index in [1.165, 1.54) is 17.3 Å². The van der Waals surface area contributed by atoms with Gasteiger partial charge in [0.25, 0.3) is 0 Å². The lowest BCUT2D eigenvalue weighted by atomic mass is 10.0. The lowest BCUT2D eigenvalue weighted by molar-refractivity contribution is -0.139. The maximum absolute atomic E-state index is 12.9. The fraction of sp³-hybridized carbons (Fsp3) is 0.593. The number of aryl methyl sites for hydroxylation is 1. The van der Waals surface area contributed by atoms with E-state index < -0.39 is 29.1 Å². The van der Waals surface area contributed by atoms with Crippen LogP contribution in [0.25, 0.3) is 0 Å². The lowest BCUT2D eigenvalue weighted by Gasteiger charge is -2.24. The van der Waals surface area contributed by atoms with Gasteiger partial charge in [0.15, 0.2) is 0 Å². The molecule has 3 atom stereocenters. The van der Waals surface area contributed by atoms with Crippen LogP contribution < -0.4 is 16.0 Å². The number of rotatable bonds is 13. The number of anilines is 1. The third-order valence-corrected chi connectivity index (χ3v) is 7.22. The lowest BCUT2D eigenvalue weighted by Crippen LogP contribution is -2.54. The molecule has 1 aliphatic heterocycles. The van der Waals surface area contributed by atoms with Crippen LogP contribution >= 0.6 is 11.8 Å². The summed E-state index contributed by atoms with van der Waals surface area (Å²) in [6.07, 6.45) is 2.04. The highest BCUT2D eigenvalue weighted by atomic mass is 32.2. The molecule has 1 saturated heterocycles. The van der Waals surface area contributed by atoms with Gasteiger partial charge >= 0.3 is 0 Å². The van der Waals surface area contributed by atoms with Crippen LogP contribution in [-0.4, -0.2) is 63.6 Å². The van der Waals surface area contributed by atoms with Crippen molar-refractivity contribution in [3.63, 3.8) is 0 Å². The first-order chi connectivity index (χ1) is 17.4. The molecule has 5 amide bonds. The molecular weight excluding hydrogens is 492 g/mol. The van der Waals surface area contributed by atoms with E-state index in [4.69, 9.17) is 0 Å². The smallest absolute Gasteiger partial charge is 0.246 e. The highest BCUT2D eigenvalue weighted by Crippen LogP contribution is 2.28. The van der Waals surface area contributed by atoms with Crippen molar-refractivity contribution >= 4 is 47.0 Å². The quantitative estimate of drug-likeness (QED) is 0.336. The van der Waals surface area contributed by atoms with Gasteiger partial charge in [-0.3, -0.25) is 28.9 Å². The van der Waals surface area contributed by atoms with Gasteiger partial charge in [-0.25, -0.2) is 0 Å². The van der Waals surface area contributed by atoms with Gasteiger partial charge in [0.2, 0.25) is 29.5 Å². The minimum absolute atomic E-state index is 0.0268. The summed E-state index contributed by atoms with van der Waals surface area (Å²) in [6.45, 7) is 11.2. The average Bonchev–Trinajstić information content (AvgIpc) is 3.08. The molecule has 0 spiro atoms. The Kier molecular flexibility index (Phi) is 11.6. The van der Waals surface area contributed by atoms with E-state index in [0.717, 1.165) is 17.7 Å². The molecule has 2 unspecified atom stereocenters. The Morgan fingerprint density at radius 1 is 1.00 bits per heavy atom. The van der Waals surface area contributed by atoms with Crippen molar-refractivity contribution < 1.29 is 24.0 Å². The summed E-state index contributed by atoms with van der Waals surface area (Å²) in [5.74, 6) is -2.09. The van der Waals surface area contributed by atoms with Crippen molar-refractivity contribution in [1.29, 1.82) is 0 Å². The molecule has 10 heteroatoms. The number of imide groups is 1. The second-order valence-corrected chi connectivity index (χ2v) is 11.8. The van der Waals surface area contributed by atoms with Crippen LogP contribution in [0.5, 0.6) is 0 Å². The number of likely N-dealkylation sites (tertiary alicyclic amines) is 1. The van der Waals surface area contributed by atoms with Crippen LogP contribution in [-0.2, 0) is 30.4 Å². The number of hydrogen-bond donors (Lipinski definition) is 3. The SMILES string of the molecule is CCCc1ccc(NC(=O)[C@H](C)NC(=O)C(NC(=O)CCN2C(=O)CC(SC(C)C)C2=O)C(C)C)cc1. The zero-order valence-electron chi connectivity index (χ0n) is 22.6. The largest absolute Gasteiger partial charge is 0.344 e. The van der Waals surface area contributed by atoms with Crippen molar-refractivity contribution in [3.05, 3.63) is 29.8 Å². The summed E-state index contributed by atoms with van der Waals surface area (Å²) in [7, 11) is 0. The summed E-state index contributed by atoms with van der Waals surface area (Å²) in [5.41, 5.74) is 1.82. The van der Waals surface area contributed by atoms with Crippen molar-refractivity contribution in [1.82, 2.24) is 15.5 Å². The summed E-state index contributed by atoms with van der Waals surface area (Å²) in [6, 6.07) is 5.88. The minimum Gasteiger partial charge on any atom is -0.344 e. The Morgan fingerprint density at radius 2 is 1.65 bits per heavy atom. The van der Waals surface area contributed by atoms with Gasteiger partial charge in [0, 0.05) is 25.1 Å². The van der Waals surface area contributed by atoms with E-state index in [9.17, 15) is 24.0 Å². The first kappa shape index (κ1) is 30.3. The molecular formula is C27H40N4O5S. The predicted molar refractivity (Wildman–Crippen MR) is 146 cm³/mol. The second-order valence-electron chi connectivity index (χ2n) is 9.97. The summed E-state index contributed by atoms with van der Waals surface area (Å²) >= 11 is 1.44. The third-order valence-electron chi connectivity index (χ3n) is 5.98. The molecule has 37 heavy (non-hydrogen) atoms. The summed E-state index contributed by atoms with van der Waals surface area (Å²) in [4.78, 5) is 64.0. The molecule has 0 radical (unpaired) electrons. The second kappa shape index (κ2) is 14.2. The van der Waals surface area contributed by atoms with Crippen LogP contribution in [0.1, 0.15) is 66.4 Å². The van der Waals surface area contributed by atoms with Gasteiger partial charge in [-0.1, -0.05) is 53.2 Å². The Hall–Kier alpha value is -2.88. The number of thioether (sulfide) groups is 1. The zero-order valence-corrected chi connectivity index (χ0v) is 23.4. The zero-order chi connectivity index (χ0) is 27.7. The molecule has 204 valence electrons. The molecule has 0 bridgehead atoms. The van der Waals surface area contributed by atoms with E-state index in [0.29, 0.717) is 5.69 Å². The van der Waals surface area contributed by atoms with Gasteiger partial charge in [-0.15, -0.1) is 11.8 Å². The fourth-order valence-electron chi connectivity index (χ4n) is 3.98. The first-order valence-electron chi connectivity index (χ1n) is 12.9. The van der Waals surface area contributed by atoms with Gasteiger partial charge < -0.3 is 16.0 Å².